The molecule has 1 heterocycles. The minimum Gasteiger partial charge on any atom is -0.488 e. The summed E-state index contributed by atoms with van der Waals surface area (Å²) in [7, 11) is 0. The van der Waals surface area contributed by atoms with Crippen LogP contribution < -0.4 is 10.1 Å². The SMILES string of the molecule is C=CCOc1ccc(C(=O)N2CCNC(=O)C2CC(=O)OCC)cc1Br. The average molecular weight is 425 g/mol. The van der Waals surface area contributed by atoms with Crippen LogP contribution in [-0.2, 0) is 14.3 Å². The van der Waals surface area contributed by atoms with Gasteiger partial charge in [0, 0.05) is 18.7 Å². The lowest BCUT2D eigenvalue weighted by Gasteiger charge is -2.34. The maximum atomic E-state index is 12.9. The van der Waals surface area contributed by atoms with E-state index in [-0.39, 0.29) is 24.8 Å². The predicted molar refractivity (Wildman–Crippen MR) is 98.9 cm³/mol. The lowest BCUT2D eigenvalue weighted by Crippen LogP contribution is -2.57. The maximum Gasteiger partial charge on any atom is 0.308 e. The second kappa shape index (κ2) is 9.38. The number of esters is 1. The number of nitrogens with zero attached hydrogens (tertiary/aromatic N) is 1. The van der Waals surface area contributed by atoms with Crippen LogP contribution in [0.5, 0.6) is 5.75 Å². The van der Waals surface area contributed by atoms with Gasteiger partial charge in [-0.05, 0) is 41.1 Å². The molecule has 0 radical (unpaired) electrons. The zero-order valence-electron chi connectivity index (χ0n) is 14.5. The molecule has 1 atom stereocenters. The molecule has 2 rings (SSSR count). The van der Waals surface area contributed by atoms with E-state index in [1.165, 1.54) is 4.90 Å². The molecule has 140 valence electrons. The Morgan fingerprint density at radius 3 is 2.88 bits per heavy atom. The van der Waals surface area contributed by atoms with Crippen LogP contribution in [0.1, 0.15) is 23.7 Å². The summed E-state index contributed by atoms with van der Waals surface area (Å²) in [5, 5.41) is 2.68. The number of carbonyl (C=O) groups excluding carboxylic acids is 3. The first-order valence-electron chi connectivity index (χ1n) is 8.25. The molecule has 1 N–H and O–H groups in total. The van der Waals surface area contributed by atoms with Crippen molar-refractivity contribution >= 4 is 33.7 Å². The molecule has 0 saturated carbocycles. The van der Waals surface area contributed by atoms with E-state index in [1.807, 2.05) is 0 Å². The van der Waals surface area contributed by atoms with Crippen molar-refractivity contribution in [1.82, 2.24) is 10.2 Å². The van der Waals surface area contributed by atoms with Crippen molar-refractivity contribution in [2.24, 2.45) is 0 Å². The van der Waals surface area contributed by atoms with Crippen molar-refractivity contribution in [3.8, 4) is 5.75 Å². The predicted octanol–water partition coefficient (Wildman–Crippen LogP) is 1.91. The fraction of sp³-hybridized carbons (Fsp3) is 0.389. The Bertz CT molecular complexity index is 707. The normalized spacial score (nSPS) is 16.6. The van der Waals surface area contributed by atoms with Crippen molar-refractivity contribution in [1.29, 1.82) is 0 Å². The van der Waals surface area contributed by atoms with Crippen LogP contribution in [0.4, 0.5) is 0 Å². The molecule has 0 spiro atoms. The van der Waals surface area contributed by atoms with Crippen LogP contribution in [0.2, 0.25) is 0 Å². The molecule has 1 saturated heterocycles. The molecule has 1 aliphatic rings. The first-order valence-corrected chi connectivity index (χ1v) is 9.04. The molecule has 0 bridgehead atoms. The lowest BCUT2D eigenvalue weighted by atomic mass is 10.1. The second-order valence-electron chi connectivity index (χ2n) is 5.56. The maximum absolute atomic E-state index is 12.9. The highest BCUT2D eigenvalue weighted by molar-refractivity contribution is 9.10. The highest BCUT2D eigenvalue weighted by Crippen LogP contribution is 2.27. The van der Waals surface area contributed by atoms with E-state index < -0.39 is 12.0 Å². The Hall–Kier alpha value is -2.35. The summed E-state index contributed by atoms with van der Waals surface area (Å²) in [6, 6.07) is 4.05. The highest BCUT2D eigenvalue weighted by atomic mass is 79.9. The van der Waals surface area contributed by atoms with Crippen LogP contribution >= 0.6 is 15.9 Å². The number of hydrogen-bond acceptors (Lipinski definition) is 5. The molecular weight excluding hydrogens is 404 g/mol. The molecule has 1 aromatic rings. The van der Waals surface area contributed by atoms with Gasteiger partial charge in [-0.15, -0.1) is 0 Å². The van der Waals surface area contributed by atoms with Crippen molar-refractivity contribution < 1.29 is 23.9 Å². The Kier molecular flexibility index (Phi) is 7.20. The molecule has 7 nitrogen and oxygen atoms in total. The summed E-state index contributed by atoms with van der Waals surface area (Å²) in [5.74, 6) is -0.615. The monoisotopic (exact) mass is 424 g/mol. The van der Waals surface area contributed by atoms with E-state index in [1.54, 1.807) is 31.2 Å². The fourth-order valence-electron chi connectivity index (χ4n) is 2.60. The molecular formula is C18H21BrN2O5. The smallest absolute Gasteiger partial charge is 0.308 e. The number of amides is 2. The van der Waals surface area contributed by atoms with Gasteiger partial charge in [0.15, 0.2) is 0 Å². The van der Waals surface area contributed by atoms with E-state index >= 15 is 0 Å². The van der Waals surface area contributed by atoms with E-state index in [2.05, 4.69) is 27.8 Å². The molecule has 26 heavy (non-hydrogen) atoms. The summed E-state index contributed by atoms with van der Waals surface area (Å²) in [5.41, 5.74) is 0.395. The van der Waals surface area contributed by atoms with E-state index in [9.17, 15) is 14.4 Å². The minimum absolute atomic E-state index is 0.173. The second-order valence-corrected chi connectivity index (χ2v) is 6.41. The van der Waals surface area contributed by atoms with Gasteiger partial charge in [0.05, 0.1) is 17.5 Å². The van der Waals surface area contributed by atoms with Crippen molar-refractivity contribution in [3.63, 3.8) is 0 Å². The zero-order chi connectivity index (χ0) is 19.1. The van der Waals surface area contributed by atoms with Gasteiger partial charge in [-0.2, -0.15) is 0 Å². The third kappa shape index (κ3) is 4.85. The number of hydrogen-bond donors (Lipinski definition) is 1. The summed E-state index contributed by atoms with van der Waals surface area (Å²) in [6.45, 7) is 6.51. The molecule has 2 amide bonds. The van der Waals surface area contributed by atoms with Crippen LogP contribution in [0, 0.1) is 0 Å². The van der Waals surface area contributed by atoms with Gasteiger partial charge < -0.3 is 19.7 Å². The Labute approximate surface area is 160 Å². The topological polar surface area (TPSA) is 84.9 Å². The Morgan fingerprint density at radius 1 is 1.46 bits per heavy atom. The van der Waals surface area contributed by atoms with Gasteiger partial charge in [0.25, 0.3) is 5.91 Å². The van der Waals surface area contributed by atoms with Crippen molar-refractivity contribution in [2.75, 3.05) is 26.3 Å². The van der Waals surface area contributed by atoms with E-state index in [4.69, 9.17) is 9.47 Å². The van der Waals surface area contributed by atoms with Crippen LogP contribution in [0.3, 0.4) is 0 Å². The fourth-order valence-corrected chi connectivity index (χ4v) is 3.10. The van der Waals surface area contributed by atoms with Crippen LogP contribution in [-0.4, -0.2) is 55.0 Å². The first kappa shape index (κ1) is 20.0. The third-order valence-corrected chi connectivity index (χ3v) is 4.41. The molecule has 1 fully saturated rings. The van der Waals surface area contributed by atoms with Gasteiger partial charge in [-0.1, -0.05) is 12.7 Å². The number of benzene rings is 1. The molecule has 0 aromatic heterocycles. The number of rotatable bonds is 7. The van der Waals surface area contributed by atoms with Gasteiger partial charge in [0.1, 0.15) is 18.4 Å². The number of halogens is 1. The first-order chi connectivity index (χ1) is 12.5. The molecule has 1 aliphatic heterocycles. The highest BCUT2D eigenvalue weighted by Gasteiger charge is 2.35. The number of carbonyl (C=O) groups is 3. The number of nitrogens with one attached hydrogen (secondary N) is 1. The summed E-state index contributed by atoms with van der Waals surface area (Å²) >= 11 is 3.37. The van der Waals surface area contributed by atoms with Crippen molar-refractivity contribution in [3.05, 3.63) is 40.9 Å². The lowest BCUT2D eigenvalue weighted by molar-refractivity contribution is -0.147. The van der Waals surface area contributed by atoms with Gasteiger partial charge in [-0.3, -0.25) is 14.4 Å². The largest absolute Gasteiger partial charge is 0.488 e. The van der Waals surface area contributed by atoms with Gasteiger partial charge in [-0.25, -0.2) is 0 Å². The summed E-state index contributed by atoms with van der Waals surface area (Å²) in [6.07, 6.45) is 1.45. The van der Waals surface area contributed by atoms with E-state index in [0.717, 1.165) is 0 Å². The van der Waals surface area contributed by atoms with E-state index in [0.29, 0.717) is 35.5 Å². The van der Waals surface area contributed by atoms with Crippen LogP contribution in [0.15, 0.2) is 35.3 Å². The number of ether oxygens (including phenoxy) is 2. The molecule has 1 aromatic carbocycles. The quantitative estimate of drug-likeness (QED) is 0.533. The van der Waals surface area contributed by atoms with Gasteiger partial charge in [0.2, 0.25) is 5.91 Å². The Morgan fingerprint density at radius 2 is 2.23 bits per heavy atom. The number of piperazine rings is 1. The van der Waals surface area contributed by atoms with Crippen molar-refractivity contribution in [2.45, 2.75) is 19.4 Å². The standard InChI is InChI=1S/C18H21BrN2O5/c1-3-9-26-15-6-5-12(10-13(15)19)18(24)21-8-7-20-17(23)14(21)11-16(22)25-4-2/h3,5-6,10,14H,1,4,7-9,11H2,2H3,(H,20,23). The molecule has 0 aliphatic carbocycles. The zero-order valence-corrected chi connectivity index (χ0v) is 16.1. The molecule has 1 unspecified atom stereocenters. The Balaban J connectivity index is 2.19. The van der Waals surface area contributed by atoms with Gasteiger partial charge >= 0.3 is 5.97 Å². The third-order valence-electron chi connectivity index (χ3n) is 3.79. The summed E-state index contributed by atoms with van der Waals surface area (Å²) in [4.78, 5) is 38.2. The minimum atomic E-state index is -0.884. The summed E-state index contributed by atoms with van der Waals surface area (Å²) < 4.78 is 11.0. The molecule has 8 heteroatoms. The van der Waals surface area contributed by atoms with Crippen LogP contribution in [0.25, 0.3) is 0 Å². The average Bonchev–Trinajstić information content (AvgIpc) is 2.62.